The van der Waals surface area contributed by atoms with E-state index in [1.807, 2.05) is 44.7 Å². The summed E-state index contributed by atoms with van der Waals surface area (Å²) in [4.78, 5) is 12.6. The fourth-order valence-electron chi connectivity index (χ4n) is 5.55. The third-order valence-corrected chi connectivity index (χ3v) is 7.88. The normalized spacial score (nSPS) is 31.2. The van der Waals surface area contributed by atoms with Crippen LogP contribution >= 0.6 is 11.8 Å². The van der Waals surface area contributed by atoms with Crippen molar-refractivity contribution in [3.8, 4) is 0 Å². The Morgan fingerprint density at radius 2 is 1.69 bits per heavy atom. The van der Waals surface area contributed by atoms with E-state index >= 15 is 0 Å². The highest BCUT2D eigenvalue weighted by Gasteiger charge is 2.44. The highest BCUT2D eigenvalue weighted by atomic mass is 32.2. The molecule has 0 spiro atoms. The van der Waals surface area contributed by atoms with Gasteiger partial charge in [0.2, 0.25) is 0 Å². The monoisotopic (exact) mass is 368 g/mol. The first-order valence-corrected chi connectivity index (χ1v) is 11.3. The van der Waals surface area contributed by atoms with E-state index < -0.39 is 0 Å². The summed E-state index contributed by atoms with van der Waals surface area (Å²) >= 11 is 1.96. The highest BCUT2D eigenvalue weighted by molar-refractivity contribution is 8.02. The Bertz CT molecular complexity index is 694. The van der Waals surface area contributed by atoms with Crippen molar-refractivity contribution in [2.24, 2.45) is 29.1 Å². The van der Waals surface area contributed by atoms with Gasteiger partial charge < -0.3 is 0 Å². The van der Waals surface area contributed by atoms with Crippen LogP contribution in [0.1, 0.15) is 81.0 Å². The van der Waals surface area contributed by atoms with Gasteiger partial charge in [-0.2, -0.15) is 0 Å². The van der Waals surface area contributed by atoms with E-state index in [1.165, 1.54) is 37.7 Å². The molecule has 4 fully saturated rings. The van der Waals surface area contributed by atoms with E-state index in [9.17, 15) is 4.79 Å². The molecule has 4 aliphatic rings. The molecule has 1 aromatic rings. The van der Waals surface area contributed by atoms with Crippen LogP contribution in [-0.2, 0) is 0 Å². The highest BCUT2D eigenvalue weighted by Crippen LogP contribution is 2.57. The summed E-state index contributed by atoms with van der Waals surface area (Å²) < 4.78 is 0. The number of allylic oxidation sites excluding steroid dienone is 1. The summed E-state index contributed by atoms with van der Waals surface area (Å²) in [5.74, 6) is 4.03. The minimum Gasteiger partial charge on any atom is -0.294 e. The zero-order valence-electron chi connectivity index (χ0n) is 16.6. The lowest BCUT2D eigenvalue weighted by molar-refractivity contribution is 0.0700. The zero-order chi connectivity index (χ0) is 18.5. The standard InChI is InChI=1S/C24H32OS/c1-15(18-6-5-7-19(13-18)23(25)24(2,3)4)26-14-22-20-9-16-8-17(11-20)12-21(22)10-16/h5-7,13-17,20-21H,8-12H2,1-4H3. The van der Waals surface area contributed by atoms with E-state index in [0.717, 1.165) is 29.2 Å². The van der Waals surface area contributed by atoms with Crippen LogP contribution in [-0.4, -0.2) is 5.78 Å². The minimum absolute atomic E-state index is 0.232. The van der Waals surface area contributed by atoms with Crippen molar-refractivity contribution in [2.45, 2.75) is 65.0 Å². The van der Waals surface area contributed by atoms with Crippen LogP contribution in [0.25, 0.3) is 0 Å². The molecule has 0 saturated heterocycles. The Hall–Kier alpha value is -1.02. The van der Waals surface area contributed by atoms with Crippen LogP contribution in [0, 0.1) is 29.1 Å². The molecule has 0 amide bonds. The first kappa shape index (κ1) is 18.3. The van der Waals surface area contributed by atoms with Crippen LogP contribution in [0.15, 0.2) is 35.2 Å². The van der Waals surface area contributed by atoms with Crippen LogP contribution in [0.5, 0.6) is 0 Å². The molecule has 0 aliphatic heterocycles. The van der Waals surface area contributed by atoms with E-state index in [2.05, 4.69) is 24.5 Å². The molecule has 1 nitrogen and oxygen atoms in total. The van der Waals surface area contributed by atoms with Crippen molar-refractivity contribution in [3.63, 3.8) is 0 Å². The second-order valence-corrected chi connectivity index (χ2v) is 11.1. The third-order valence-electron chi connectivity index (χ3n) is 6.79. The number of carbonyl (C=O) groups excluding carboxylic acids is 1. The van der Waals surface area contributed by atoms with Crippen LogP contribution in [0.3, 0.4) is 0 Å². The lowest BCUT2D eigenvalue weighted by atomic mass is 9.54. The average molecular weight is 369 g/mol. The van der Waals surface area contributed by atoms with E-state index in [0.29, 0.717) is 5.25 Å². The number of Topliss-reactive ketones (excluding diaryl/α,β-unsaturated/α-hetero) is 1. The van der Waals surface area contributed by atoms with E-state index in [4.69, 9.17) is 0 Å². The number of ketones is 1. The molecule has 140 valence electrons. The smallest absolute Gasteiger partial charge is 0.168 e. The number of benzene rings is 1. The molecule has 0 radical (unpaired) electrons. The SMILES string of the molecule is CC(SC=C1C2CC3CC(C2)CC1C3)c1cccc(C(=O)C(C)(C)C)c1. The van der Waals surface area contributed by atoms with Crippen molar-refractivity contribution in [2.75, 3.05) is 0 Å². The predicted octanol–water partition coefficient (Wildman–Crippen LogP) is 7.05. The summed E-state index contributed by atoms with van der Waals surface area (Å²) in [6.45, 7) is 8.27. The maximum Gasteiger partial charge on any atom is 0.168 e. The molecule has 0 N–H and O–H groups in total. The van der Waals surface area contributed by atoms with Crippen molar-refractivity contribution < 1.29 is 4.79 Å². The minimum atomic E-state index is -0.322. The molecule has 2 heteroatoms. The molecule has 0 aromatic heterocycles. The predicted molar refractivity (Wildman–Crippen MR) is 111 cm³/mol. The summed E-state index contributed by atoms with van der Waals surface area (Å²) in [6, 6.07) is 8.29. The van der Waals surface area contributed by atoms with Gasteiger partial charge in [0.1, 0.15) is 0 Å². The van der Waals surface area contributed by atoms with Gasteiger partial charge in [-0.3, -0.25) is 4.79 Å². The van der Waals surface area contributed by atoms with Gasteiger partial charge in [0.15, 0.2) is 5.78 Å². The lowest BCUT2D eigenvalue weighted by Crippen LogP contribution is -2.40. The Balaban J connectivity index is 1.47. The van der Waals surface area contributed by atoms with Gasteiger partial charge in [0, 0.05) is 16.2 Å². The molecule has 4 aliphatic carbocycles. The van der Waals surface area contributed by atoms with Crippen molar-refractivity contribution in [3.05, 3.63) is 46.4 Å². The molecular formula is C24H32OS. The van der Waals surface area contributed by atoms with Crippen LogP contribution in [0.4, 0.5) is 0 Å². The Morgan fingerprint density at radius 3 is 2.27 bits per heavy atom. The first-order valence-electron chi connectivity index (χ1n) is 10.3. The fourth-order valence-corrected chi connectivity index (χ4v) is 6.60. The van der Waals surface area contributed by atoms with Crippen molar-refractivity contribution in [1.29, 1.82) is 0 Å². The molecule has 1 aromatic carbocycles. The zero-order valence-corrected chi connectivity index (χ0v) is 17.4. The van der Waals surface area contributed by atoms with Crippen LogP contribution in [0.2, 0.25) is 0 Å². The Kier molecular flexibility index (Phi) is 4.84. The number of rotatable bonds is 4. The van der Waals surface area contributed by atoms with E-state index in [1.54, 1.807) is 5.57 Å². The van der Waals surface area contributed by atoms with Crippen molar-refractivity contribution >= 4 is 17.5 Å². The lowest BCUT2D eigenvalue weighted by Gasteiger charge is -2.51. The average Bonchev–Trinajstić information content (AvgIpc) is 2.59. The third kappa shape index (κ3) is 3.54. The largest absolute Gasteiger partial charge is 0.294 e. The van der Waals surface area contributed by atoms with Gasteiger partial charge >= 0.3 is 0 Å². The molecular weight excluding hydrogens is 336 g/mol. The van der Waals surface area contributed by atoms with Gasteiger partial charge in [-0.25, -0.2) is 0 Å². The topological polar surface area (TPSA) is 17.1 Å². The number of hydrogen-bond acceptors (Lipinski definition) is 2. The summed E-state index contributed by atoms with van der Waals surface area (Å²) in [5.41, 5.74) is 3.56. The fraction of sp³-hybridized carbons (Fsp3) is 0.625. The Labute approximate surface area is 163 Å². The number of thioether (sulfide) groups is 1. The molecule has 5 rings (SSSR count). The number of hydrogen-bond donors (Lipinski definition) is 0. The Morgan fingerprint density at radius 1 is 1.08 bits per heavy atom. The second-order valence-electron chi connectivity index (χ2n) is 9.91. The molecule has 26 heavy (non-hydrogen) atoms. The maximum atomic E-state index is 12.6. The first-order chi connectivity index (χ1) is 12.3. The summed E-state index contributed by atoms with van der Waals surface area (Å²) in [5, 5.41) is 2.91. The van der Waals surface area contributed by atoms with Gasteiger partial charge in [-0.05, 0) is 79.7 Å². The molecule has 4 saturated carbocycles. The van der Waals surface area contributed by atoms with Crippen molar-refractivity contribution in [1.82, 2.24) is 0 Å². The number of carbonyl (C=O) groups is 1. The maximum absolute atomic E-state index is 12.6. The second kappa shape index (κ2) is 6.86. The van der Waals surface area contributed by atoms with Gasteiger partial charge in [0.05, 0.1) is 0 Å². The van der Waals surface area contributed by atoms with Gasteiger partial charge in [0.25, 0.3) is 0 Å². The van der Waals surface area contributed by atoms with Gasteiger partial charge in [-0.15, -0.1) is 11.8 Å². The van der Waals surface area contributed by atoms with E-state index in [-0.39, 0.29) is 11.2 Å². The molecule has 1 unspecified atom stereocenters. The molecule has 1 atom stereocenters. The van der Waals surface area contributed by atoms with Gasteiger partial charge in [-0.1, -0.05) is 44.5 Å². The summed E-state index contributed by atoms with van der Waals surface area (Å²) in [7, 11) is 0. The molecule has 0 heterocycles. The van der Waals surface area contributed by atoms with Crippen LogP contribution < -0.4 is 0 Å². The molecule has 4 bridgehead atoms. The summed E-state index contributed by atoms with van der Waals surface area (Å²) in [6.07, 6.45) is 7.30. The quantitative estimate of drug-likeness (QED) is 0.530.